The molecule has 1 aromatic carbocycles. The molecule has 1 saturated carbocycles. The Morgan fingerprint density at radius 3 is 2.58 bits per heavy atom. The molecule has 1 heterocycles. The van der Waals surface area contributed by atoms with Crippen molar-refractivity contribution in [2.75, 3.05) is 16.8 Å². The molecule has 24 heavy (non-hydrogen) atoms. The highest BCUT2D eigenvalue weighted by Crippen LogP contribution is 2.44. The van der Waals surface area contributed by atoms with Gasteiger partial charge in [-0.05, 0) is 49.4 Å². The molecule has 1 fully saturated rings. The van der Waals surface area contributed by atoms with Gasteiger partial charge in [0.15, 0.2) is 0 Å². The fraction of sp³-hybridized carbons (Fsp3) is 0.500. The molecule has 6 nitrogen and oxygen atoms in total. The lowest BCUT2D eigenvalue weighted by Gasteiger charge is -2.37. The number of anilines is 2. The summed E-state index contributed by atoms with van der Waals surface area (Å²) in [6.45, 7) is 2.27. The average Bonchev–Trinajstić information content (AvgIpc) is 2.49. The number of nitrogens with zero attached hydrogens (tertiary/aromatic N) is 1. The fourth-order valence-corrected chi connectivity index (χ4v) is 3.58. The number of carbonyl (C=O) groups excluding carboxylic acids is 2. The molecule has 2 amide bonds. The average molecular weight is 330 g/mol. The minimum atomic E-state index is -0.885. The van der Waals surface area contributed by atoms with E-state index in [0.717, 1.165) is 37.1 Å². The minimum Gasteiger partial charge on any atom is -0.481 e. The van der Waals surface area contributed by atoms with Crippen LogP contribution in [-0.4, -0.2) is 29.4 Å². The molecule has 0 spiro atoms. The van der Waals surface area contributed by atoms with Crippen molar-refractivity contribution in [2.24, 2.45) is 5.41 Å². The van der Waals surface area contributed by atoms with Crippen molar-refractivity contribution in [1.82, 2.24) is 0 Å². The Kier molecular flexibility index (Phi) is 4.30. The molecule has 0 aromatic heterocycles. The van der Waals surface area contributed by atoms with Gasteiger partial charge in [0, 0.05) is 31.3 Å². The van der Waals surface area contributed by atoms with Crippen molar-refractivity contribution < 1.29 is 19.5 Å². The third-order valence-electron chi connectivity index (χ3n) is 5.13. The van der Waals surface area contributed by atoms with Crippen LogP contribution < -0.4 is 10.2 Å². The summed E-state index contributed by atoms with van der Waals surface area (Å²) in [6, 6.07) is 5.50. The van der Waals surface area contributed by atoms with Gasteiger partial charge in [-0.3, -0.25) is 14.4 Å². The SMILES string of the molecule is CC(=O)N1CCCc2cc(NC(=O)CC3(C(=O)O)CCC3)ccc21. The van der Waals surface area contributed by atoms with E-state index in [0.29, 0.717) is 18.5 Å². The second-order valence-electron chi connectivity index (χ2n) is 6.78. The third-order valence-corrected chi connectivity index (χ3v) is 5.13. The van der Waals surface area contributed by atoms with Gasteiger partial charge in [0.1, 0.15) is 0 Å². The molecule has 3 rings (SSSR count). The Morgan fingerprint density at radius 2 is 2.00 bits per heavy atom. The van der Waals surface area contributed by atoms with Gasteiger partial charge in [-0.1, -0.05) is 6.42 Å². The van der Waals surface area contributed by atoms with E-state index in [1.165, 1.54) is 0 Å². The second kappa shape index (κ2) is 6.26. The Labute approximate surface area is 140 Å². The van der Waals surface area contributed by atoms with Gasteiger partial charge in [-0.15, -0.1) is 0 Å². The maximum Gasteiger partial charge on any atom is 0.310 e. The predicted molar refractivity (Wildman–Crippen MR) is 90.0 cm³/mol. The zero-order valence-electron chi connectivity index (χ0n) is 13.8. The lowest BCUT2D eigenvalue weighted by atomic mass is 9.66. The summed E-state index contributed by atoms with van der Waals surface area (Å²) < 4.78 is 0. The van der Waals surface area contributed by atoms with Crippen molar-refractivity contribution in [3.63, 3.8) is 0 Å². The van der Waals surface area contributed by atoms with Crippen LogP contribution in [0.15, 0.2) is 18.2 Å². The number of fused-ring (bicyclic) bond motifs is 1. The molecule has 0 atom stereocenters. The number of nitrogens with one attached hydrogen (secondary N) is 1. The molecule has 128 valence electrons. The maximum absolute atomic E-state index is 12.2. The van der Waals surface area contributed by atoms with Crippen LogP contribution in [0, 0.1) is 5.41 Å². The van der Waals surface area contributed by atoms with Gasteiger partial charge in [0.2, 0.25) is 11.8 Å². The zero-order chi connectivity index (χ0) is 17.3. The smallest absolute Gasteiger partial charge is 0.310 e. The van der Waals surface area contributed by atoms with E-state index >= 15 is 0 Å². The first kappa shape index (κ1) is 16.5. The Balaban J connectivity index is 1.71. The van der Waals surface area contributed by atoms with Gasteiger partial charge in [-0.25, -0.2) is 0 Å². The number of aryl methyl sites for hydroxylation is 1. The minimum absolute atomic E-state index is 0.0129. The van der Waals surface area contributed by atoms with Gasteiger partial charge >= 0.3 is 5.97 Å². The van der Waals surface area contributed by atoms with Crippen LogP contribution in [-0.2, 0) is 20.8 Å². The number of benzene rings is 1. The predicted octanol–water partition coefficient (Wildman–Crippen LogP) is 2.57. The molecular weight excluding hydrogens is 308 g/mol. The largest absolute Gasteiger partial charge is 0.481 e. The highest BCUT2D eigenvalue weighted by atomic mass is 16.4. The lowest BCUT2D eigenvalue weighted by Crippen LogP contribution is -2.41. The highest BCUT2D eigenvalue weighted by Gasteiger charge is 2.45. The Hall–Kier alpha value is -2.37. The first-order chi connectivity index (χ1) is 11.4. The van der Waals surface area contributed by atoms with E-state index in [2.05, 4.69) is 5.32 Å². The quantitative estimate of drug-likeness (QED) is 0.888. The summed E-state index contributed by atoms with van der Waals surface area (Å²) in [5.41, 5.74) is 1.70. The molecule has 1 aromatic rings. The molecule has 0 saturated heterocycles. The van der Waals surface area contributed by atoms with E-state index < -0.39 is 11.4 Å². The normalized spacial score (nSPS) is 18.3. The molecule has 0 bridgehead atoms. The van der Waals surface area contributed by atoms with Crippen LogP contribution in [0.5, 0.6) is 0 Å². The summed E-state index contributed by atoms with van der Waals surface area (Å²) in [5, 5.41) is 12.1. The number of aliphatic carboxylic acids is 1. The summed E-state index contributed by atoms with van der Waals surface area (Å²) in [5.74, 6) is -1.14. The number of carboxylic acid groups (broad SMARTS) is 1. The van der Waals surface area contributed by atoms with Crippen molar-refractivity contribution in [1.29, 1.82) is 0 Å². The van der Waals surface area contributed by atoms with E-state index in [9.17, 15) is 19.5 Å². The van der Waals surface area contributed by atoms with E-state index in [1.807, 2.05) is 12.1 Å². The van der Waals surface area contributed by atoms with E-state index in [1.54, 1.807) is 17.9 Å². The molecule has 1 aliphatic carbocycles. The van der Waals surface area contributed by atoms with Crippen LogP contribution in [0.25, 0.3) is 0 Å². The second-order valence-corrected chi connectivity index (χ2v) is 6.78. The molecule has 0 unspecified atom stereocenters. The standard InChI is InChI=1S/C18H22N2O4/c1-12(21)20-9-2-4-13-10-14(5-6-15(13)20)19-16(22)11-18(17(23)24)7-3-8-18/h5-6,10H,2-4,7-9,11H2,1H3,(H,19,22)(H,23,24). The number of carbonyl (C=O) groups is 3. The van der Waals surface area contributed by atoms with Crippen molar-refractivity contribution in [2.45, 2.75) is 45.4 Å². The van der Waals surface area contributed by atoms with Gasteiger partial charge in [-0.2, -0.15) is 0 Å². The van der Waals surface area contributed by atoms with E-state index in [4.69, 9.17) is 0 Å². The van der Waals surface area contributed by atoms with Crippen molar-refractivity contribution >= 4 is 29.2 Å². The van der Waals surface area contributed by atoms with Crippen LogP contribution in [0.2, 0.25) is 0 Å². The summed E-state index contributed by atoms with van der Waals surface area (Å²) in [4.78, 5) is 37.0. The molecule has 0 radical (unpaired) electrons. The number of rotatable bonds is 4. The number of hydrogen-bond donors (Lipinski definition) is 2. The molecule has 2 N–H and O–H groups in total. The lowest BCUT2D eigenvalue weighted by molar-refractivity contribution is -0.157. The Bertz CT molecular complexity index is 694. The number of hydrogen-bond acceptors (Lipinski definition) is 3. The maximum atomic E-state index is 12.2. The number of amides is 2. The zero-order valence-corrected chi connectivity index (χ0v) is 13.8. The molecule has 6 heteroatoms. The van der Waals surface area contributed by atoms with Crippen LogP contribution >= 0.6 is 0 Å². The topological polar surface area (TPSA) is 86.7 Å². The van der Waals surface area contributed by atoms with Gasteiger partial charge < -0.3 is 15.3 Å². The van der Waals surface area contributed by atoms with Gasteiger partial charge in [0.25, 0.3) is 0 Å². The van der Waals surface area contributed by atoms with Crippen LogP contribution in [0.1, 0.15) is 44.6 Å². The summed E-state index contributed by atoms with van der Waals surface area (Å²) in [7, 11) is 0. The Morgan fingerprint density at radius 1 is 1.25 bits per heavy atom. The summed E-state index contributed by atoms with van der Waals surface area (Å²) >= 11 is 0. The first-order valence-electron chi connectivity index (χ1n) is 8.36. The number of carboxylic acids is 1. The van der Waals surface area contributed by atoms with E-state index in [-0.39, 0.29) is 18.2 Å². The summed E-state index contributed by atoms with van der Waals surface area (Å²) in [6.07, 6.45) is 3.76. The molecular formula is C18H22N2O4. The van der Waals surface area contributed by atoms with Crippen LogP contribution in [0.3, 0.4) is 0 Å². The van der Waals surface area contributed by atoms with Crippen LogP contribution in [0.4, 0.5) is 11.4 Å². The first-order valence-corrected chi connectivity index (χ1v) is 8.36. The van der Waals surface area contributed by atoms with Crippen molar-refractivity contribution in [3.8, 4) is 0 Å². The molecule has 1 aliphatic heterocycles. The fourth-order valence-electron chi connectivity index (χ4n) is 3.58. The molecule has 2 aliphatic rings. The monoisotopic (exact) mass is 330 g/mol. The van der Waals surface area contributed by atoms with Gasteiger partial charge in [0.05, 0.1) is 5.41 Å². The third kappa shape index (κ3) is 3.00. The highest BCUT2D eigenvalue weighted by molar-refractivity contribution is 5.96. The van der Waals surface area contributed by atoms with Crippen molar-refractivity contribution in [3.05, 3.63) is 23.8 Å².